The van der Waals surface area contributed by atoms with Crippen molar-refractivity contribution >= 4 is 11.6 Å². The molecule has 0 bridgehead atoms. The SMILES string of the molecule is Cc1nnc(C(=O)CC(C)(C)c2cc(C(=O)CCc3ccc(F)cc3)c([O-])c(=O)n2C)o1.[K+]. The molecule has 0 fully saturated rings. The van der Waals surface area contributed by atoms with Crippen LogP contribution in [0.2, 0.25) is 0 Å². The van der Waals surface area contributed by atoms with Crippen molar-refractivity contribution in [3.05, 3.63) is 75.1 Å². The van der Waals surface area contributed by atoms with E-state index < -0.39 is 28.3 Å². The molecule has 0 aliphatic rings. The summed E-state index contributed by atoms with van der Waals surface area (Å²) in [6.07, 6.45) is 0.193. The van der Waals surface area contributed by atoms with Crippen LogP contribution in [0, 0.1) is 12.7 Å². The molecule has 0 unspecified atom stereocenters. The fraction of sp³-hybridized carbons (Fsp3) is 0.348. The van der Waals surface area contributed by atoms with Crippen molar-refractivity contribution < 1.29 is 74.9 Å². The van der Waals surface area contributed by atoms with Crippen LogP contribution < -0.4 is 62.1 Å². The van der Waals surface area contributed by atoms with Gasteiger partial charge in [-0.15, -0.1) is 10.2 Å². The molecule has 3 rings (SSSR count). The Kier molecular flexibility index (Phi) is 9.06. The van der Waals surface area contributed by atoms with Gasteiger partial charge in [-0.2, -0.15) is 0 Å². The molecule has 1 aromatic carbocycles. The number of carbonyl (C=O) groups excluding carboxylic acids is 2. The Bertz CT molecular complexity index is 1230. The summed E-state index contributed by atoms with van der Waals surface area (Å²) < 4.78 is 19.4. The van der Waals surface area contributed by atoms with E-state index in [0.29, 0.717) is 12.1 Å². The molecule has 10 heteroatoms. The van der Waals surface area contributed by atoms with Crippen LogP contribution in [0.25, 0.3) is 0 Å². The van der Waals surface area contributed by atoms with E-state index in [2.05, 4.69) is 10.2 Å². The molecule has 2 heterocycles. The molecular formula is C23H23FKN3O5. The van der Waals surface area contributed by atoms with Crippen molar-refractivity contribution in [2.24, 2.45) is 7.05 Å². The summed E-state index contributed by atoms with van der Waals surface area (Å²) in [5.74, 6) is -2.08. The predicted molar refractivity (Wildman–Crippen MR) is 111 cm³/mol. The van der Waals surface area contributed by atoms with Crippen LogP contribution in [0.1, 0.15) is 64.9 Å². The Morgan fingerprint density at radius 1 is 1.15 bits per heavy atom. The summed E-state index contributed by atoms with van der Waals surface area (Å²) in [5.41, 5.74) is -0.887. The third-order valence-electron chi connectivity index (χ3n) is 5.30. The van der Waals surface area contributed by atoms with Crippen LogP contribution in [0.3, 0.4) is 0 Å². The van der Waals surface area contributed by atoms with Crippen LogP contribution in [-0.4, -0.2) is 26.3 Å². The maximum absolute atomic E-state index is 13.1. The van der Waals surface area contributed by atoms with Crippen molar-refractivity contribution in [1.82, 2.24) is 14.8 Å². The van der Waals surface area contributed by atoms with Crippen LogP contribution in [0.4, 0.5) is 4.39 Å². The topological polar surface area (TPSA) is 118 Å². The van der Waals surface area contributed by atoms with Gasteiger partial charge in [0.2, 0.25) is 17.2 Å². The predicted octanol–water partition coefficient (Wildman–Crippen LogP) is -0.340. The number of Topliss-reactive ketones (excluding diaryl/α,β-unsaturated/α-hetero) is 2. The number of benzene rings is 1. The Hall–Kier alpha value is -1.98. The first-order valence-electron chi connectivity index (χ1n) is 10.0. The zero-order chi connectivity index (χ0) is 23.6. The fourth-order valence-electron chi connectivity index (χ4n) is 3.55. The van der Waals surface area contributed by atoms with E-state index in [0.717, 1.165) is 10.1 Å². The smallest absolute Gasteiger partial charge is 0.868 e. The number of halogens is 1. The molecule has 33 heavy (non-hydrogen) atoms. The number of aromatic nitrogens is 3. The quantitative estimate of drug-likeness (QED) is 0.320. The molecule has 0 atom stereocenters. The zero-order valence-corrected chi connectivity index (χ0v) is 22.4. The van der Waals surface area contributed by atoms with E-state index >= 15 is 0 Å². The van der Waals surface area contributed by atoms with E-state index in [4.69, 9.17) is 4.42 Å². The van der Waals surface area contributed by atoms with Crippen molar-refractivity contribution in [3.8, 4) is 5.75 Å². The molecule has 2 aromatic heterocycles. The first kappa shape index (κ1) is 27.3. The molecule has 168 valence electrons. The first-order valence-corrected chi connectivity index (χ1v) is 10.0. The number of pyridine rings is 1. The molecule has 8 nitrogen and oxygen atoms in total. The maximum atomic E-state index is 13.1. The van der Waals surface area contributed by atoms with E-state index in [9.17, 15) is 23.9 Å². The summed E-state index contributed by atoms with van der Waals surface area (Å²) in [6.45, 7) is 5.01. The molecule has 0 aliphatic heterocycles. The van der Waals surface area contributed by atoms with Gasteiger partial charge < -0.3 is 14.1 Å². The zero-order valence-electron chi connectivity index (χ0n) is 19.3. The Morgan fingerprint density at radius 2 is 1.79 bits per heavy atom. The van der Waals surface area contributed by atoms with E-state index in [-0.39, 0.29) is 87.4 Å². The summed E-state index contributed by atoms with van der Waals surface area (Å²) in [7, 11) is 1.43. The van der Waals surface area contributed by atoms with Crippen LogP contribution >= 0.6 is 0 Å². The average molecular weight is 480 g/mol. The van der Waals surface area contributed by atoms with Crippen LogP contribution in [0.5, 0.6) is 5.75 Å². The number of rotatable bonds is 8. The monoisotopic (exact) mass is 479 g/mol. The van der Waals surface area contributed by atoms with Crippen molar-refractivity contribution in [2.45, 2.75) is 45.4 Å². The third-order valence-corrected chi connectivity index (χ3v) is 5.30. The Morgan fingerprint density at radius 3 is 2.36 bits per heavy atom. The minimum Gasteiger partial charge on any atom is -0.868 e. The van der Waals surface area contributed by atoms with Gasteiger partial charge in [0, 0.05) is 43.5 Å². The molecule has 0 radical (unpaired) electrons. The molecule has 3 aromatic rings. The van der Waals surface area contributed by atoms with Gasteiger partial charge >= 0.3 is 51.4 Å². The van der Waals surface area contributed by atoms with Gasteiger partial charge in [-0.25, -0.2) is 4.39 Å². The number of hydrogen-bond donors (Lipinski definition) is 0. The van der Waals surface area contributed by atoms with Crippen LogP contribution in [-0.2, 0) is 18.9 Å². The summed E-state index contributed by atoms with van der Waals surface area (Å²) in [4.78, 5) is 37.9. The van der Waals surface area contributed by atoms with Crippen molar-refractivity contribution in [1.29, 1.82) is 0 Å². The van der Waals surface area contributed by atoms with Gasteiger partial charge in [0.25, 0.3) is 5.89 Å². The minimum absolute atomic E-state index is 0. The number of carbonyl (C=O) groups is 2. The van der Waals surface area contributed by atoms with Gasteiger partial charge in [0.15, 0.2) is 5.78 Å². The molecule has 0 N–H and O–H groups in total. The van der Waals surface area contributed by atoms with Gasteiger partial charge in [-0.1, -0.05) is 26.0 Å². The largest absolute Gasteiger partial charge is 1.00 e. The second-order valence-electron chi connectivity index (χ2n) is 8.30. The molecule has 0 spiro atoms. The van der Waals surface area contributed by atoms with E-state index in [1.54, 1.807) is 32.9 Å². The number of nitrogens with zero attached hydrogens (tertiary/aromatic N) is 3. The second kappa shape index (κ2) is 11.0. The number of aryl methyl sites for hydroxylation is 2. The summed E-state index contributed by atoms with van der Waals surface area (Å²) in [6, 6.07) is 7.08. The summed E-state index contributed by atoms with van der Waals surface area (Å²) >= 11 is 0. The summed E-state index contributed by atoms with van der Waals surface area (Å²) in [5, 5.41) is 19.9. The second-order valence-corrected chi connectivity index (χ2v) is 8.30. The van der Waals surface area contributed by atoms with Crippen molar-refractivity contribution in [2.75, 3.05) is 0 Å². The molecular weight excluding hydrogens is 456 g/mol. The molecule has 0 saturated heterocycles. The Labute approximate surface area is 232 Å². The normalized spacial score (nSPS) is 11.2. The number of ketones is 2. The van der Waals surface area contributed by atoms with Gasteiger partial charge in [0.05, 0.1) is 0 Å². The van der Waals surface area contributed by atoms with E-state index in [1.165, 1.54) is 25.2 Å². The third kappa shape index (κ3) is 6.33. The molecule has 0 saturated carbocycles. The van der Waals surface area contributed by atoms with Gasteiger partial charge in [0.1, 0.15) is 5.82 Å². The minimum atomic E-state index is -0.910. The standard InChI is InChI=1S/C23H24FN3O5.K/c1-13-25-26-21(32-13)18(29)12-23(2,3)19-11-16(20(30)22(31)27(19)4)17(28)10-7-14-5-8-15(24)9-6-14;/h5-6,8-9,11,30H,7,10,12H2,1-4H3;/q;+1/p-1. The fourth-order valence-corrected chi connectivity index (χ4v) is 3.55. The van der Waals surface area contributed by atoms with Crippen LogP contribution in [0.15, 0.2) is 39.5 Å². The first-order chi connectivity index (χ1) is 15.0. The molecule has 0 amide bonds. The van der Waals surface area contributed by atoms with E-state index in [1.807, 2.05) is 0 Å². The Balaban J connectivity index is 0.00000385. The number of hydrogen-bond acceptors (Lipinski definition) is 7. The van der Waals surface area contributed by atoms with Crippen molar-refractivity contribution in [3.63, 3.8) is 0 Å². The van der Waals surface area contributed by atoms with Gasteiger partial charge in [-0.3, -0.25) is 14.4 Å². The average Bonchev–Trinajstić information content (AvgIpc) is 3.17. The maximum Gasteiger partial charge on any atom is 1.00 e. The van der Waals surface area contributed by atoms with Gasteiger partial charge in [-0.05, 0) is 35.9 Å². The molecule has 0 aliphatic carbocycles.